The van der Waals surface area contributed by atoms with Gasteiger partial charge in [0.1, 0.15) is 0 Å². The molecule has 0 saturated heterocycles. The first-order chi connectivity index (χ1) is 12.3. The van der Waals surface area contributed by atoms with Gasteiger partial charge in [0.05, 0.1) is 35.2 Å². The second-order valence-electron chi connectivity index (χ2n) is 5.66. The van der Waals surface area contributed by atoms with Crippen LogP contribution in [-0.4, -0.2) is 44.9 Å². The molecular weight excluding hydrogens is 365 g/mol. The third-order valence-electron chi connectivity index (χ3n) is 3.64. The first-order valence-electron chi connectivity index (χ1n) is 8.23. The molecule has 0 unspecified atom stereocenters. The average molecular weight is 386 g/mol. The molecule has 0 atom stereocenters. The number of carbonyl (C=O) groups excluding carboxylic acids is 1. The third-order valence-corrected chi connectivity index (χ3v) is 4.75. The zero-order chi connectivity index (χ0) is 19.2. The molecule has 0 N–H and O–H groups in total. The van der Waals surface area contributed by atoms with Crippen molar-refractivity contribution < 1.29 is 18.0 Å². The Morgan fingerprint density at radius 3 is 2.77 bits per heavy atom. The van der Waals surface area contributed by atoms with Crippen molar-refractivity contribution in [3.8, 4) is 5.69 Å². The highest BCUT2D eigenvalue weighted by Crippen LogP contribution is 2.24. The lowest BCUT2D eigenvalue weighted by atomic mass is 10.2. The molecule has 0 aliphatic heterocycles. The molecule has 2 heterocycles. The maximum atomic E-state index is 12.5. The van der Waals surface area contributed by atoms with Gasteiger partial charge < -0.3 is 4.90 Å². The molecule has 2 aromatic rings. The minimum atomic E-state index is -4.16. The molecule has 0 bridgehead atoms. The molecule has 1 amide bonds. The maximum Gasteiger partial charge on any atom is 0.397 e. The number of aryl methyl sites for hydroxylation is 1. The zero-order valence-electron chi connectivity index (χ0n) is 14.7. The highest BCUT2D eigenvalue weighted by Gasteiger charge is 2.26. The molecule has 2 rings (SSSR count). The average Bonchev–Trinajstić information content (AvgIpc) is 2.97. The standard InChI is InChI=1S/C17H21F3N4OS/c1-3-23(16(25)7-5-9-26-12-17(18,19)20)15-11-24(22-13(15)2)14-6-4-8-21-10-14/h4,6,8,10-11H,3,5,7,9,12H2,1-2H3. The molecule has 0 fully saturated rings. The van der Waals surface area contributed by atoms with Crippen molar-refractivity contribution in [3.63, 3.8) is 0 Å². The fraction of sp³-hybridized carbons (Fsp3) is 0.471. The third kappa shape index (κ3) is 5.76. The quantitative estimate of drug-likeness (QED) is 0.644. The Bertz CT molecular complexity index is 719. The van der Waals surface area contributed by atoms with Crippen LogP contribution >= 0.6 is 11.8 Å². The van der Waals surface area contributed by atoms with Gasteiger partial charge >= 0.3 is 6.18 Å². The topological polar surface area (TPSA) is 51.0 Å². The Labute approximate surface area is 154 Å². The minimum absolute atomic E-state index is 0.117. The van der Waals surface area contributed by atoms with Gasteiger partial charge in [-0.15, -0.1) is 0 Å². The summed E-state index contributed by atoms with van der Waals surface area (Å²) in [7, 11) is 0. The molecule has 0 saturated carbocycles. The van der Waals surface area contributed by atoms with E-state index >= 15 is 0 Å². The minimum Gasteiger partial charge on any atom is -0.310 e. The molecule has 0 aliphatic rings. The number of carbonyl (C=O) groups is 1. The van der Waals surface area contributed by atoms with E-state index in [-0.39, 0.29) is 12.3 Å². The summed E-state index contributed by atoms with van der Waals surface area (Å²) in [5.41, 5.74) is 2.19. The highest BCUT2D eigenvalue weighted by molar-refractivity contribution is 7.99. The van der Waals surface area contributed by atoms with Crippen molar-refractivity contribution >= 4 is 23.4 Å². The molecule has 2 aromatic heterocycles. The summed E-state index contributed by atoms with van der Waals surface area (Å²) in [6.07, 6.45) is 1.56. The van der Waals surface area contributed by atoms with Crippen LogP contribution in [0.15, 0.2) is 30.7 Å². The van der Waals surface area contributed by atoms with Crippen molar-refractivity contribution in [2.75, 3.05) is 23.0 Å². The fourth-order valence-corrected chi connectivity index (χ4v) is 3.19. The number of pyridine rings is 1. The van der Waals surface area contributed by atoms with Crippen molar-refractivity contribution in [2.45, 2.75) is 32.9 Å². The normalized spacial score (nSPS) is 11.6. The number of halogens is 3. The van der Waals surface area contributed by atoms with Crippen LogP contribution in [0.25, 0.3) is 5.69 Å². The van der Waals surface area contributed by atoms with E-state index < -0.39 is 11.9 Å². The van der Waals surface area contributed by atoms with Crippen molar-refractivity contribution in [1.29, 1.82) is 0 Å². The van der Waals surface area contributed by atoms with E-state index in [1.54, 1.807) is 34.2 Å². The van der Waals surface area contributed by atoms with E-state index in [2.05, 4.69) is 10.1 Å². The van der Waals surface area contributed by atoms with E-state index in [0.29, 0.717) is 30.1 Å². The van der Waals surface area contributed by atoms with Gasteiger partial charge in [0, 0.05) is 19.2 Å². The number of rotatable bonds is 8. The number of amides is 1. The van der Waals surface area contributed by atoms with E-state index in [4.69, 9.17) is 0 Å². The van der Waals surface area contributed by atoms with Crippen molar-refractivity contribution in [3.05, 3.63) is 36.4 Å². The van der Waals surface area contributed by atoms with Gasteiger partial charge in [0.25, 0.3) is 0 Å². The second-order valence-corrected chi connectivity index (χ2v) is 6.77. The summed E-state index contributed by atoms with van der Waals surface area (Å²) < 4.78 is 38.0. The molecule has 0 radical (unpaired) electrons. The molecular formula is C17H21F3N4OS. The van der Waals surface area contributed by atoms with Gasteiger partial charge in [-0.05, 0) is 38.2 Å². The van der Waals surface area contributed by atoms with E-state index in [0.717, 1.165) is 17.4 Å². The first-order valence-corrected chi connectivity index (χ1v) is 9.39. The summed E-state index contributed by atoms with van der Waals surface area (Å²) in [6, 6.07) is 3.66. The summed E-state index contributed by atoms with van der Waals surface area (Å²) in [5, 5.41) is 4.42. The van der Waals surface area contributed by atoms with Crippen LogP contribution in [0.3, 0.4) is 0 Å². The molecule has 9 heteroatoms. The highest BCUT2D eigenvalue weighted by atomic mass is 32.2. The monoisotopic (exact) mass is 386 g/mol. The van der Waals surface area contributed by atoms with E-state index in [1.165, 1.54) is 0 Å². The number of hydrogen-bond donors (Lipinski definition) is 0. The number of anilines is 1. The van der Waals surface area contributed by atoms with Crippen molar-refractivity contribution in [1.82, 2.24) is 14.8 Å². The van der Waals surface area contributed by atoms with Crippen LogP contribution in [0.1, 0.15) is 25.5 Å². The fourth-order valence-electron chi connectivity index (χ4n) is 2.47. The van der Waals surface area contributed by atoms with Crippen LogP contribution in [0.5, 0.6) is 0 Å². The Balaban J connectivity index is 1.97. The summed E-state index contributed by atoms with van der Waals surface area (Å²) in [6.45, 7) is 4.14. The predicted octanol–water partition coefficient (Wildman–Crippen LogP) is 4.00. The lowest BCUT2D eigenvalue weighted by Crippen LogP contribution is -2.30. The lowest BCUT2D eigenvalue weighted by Gasteiger charge is -2.20. The van der Waals surface area contributed by atoms with Gasteiger partial charge in [-0.3, -0.25) is 9.78 Å². The molecule has 0 spiro atoms. The Kier molecular flexibility index (Phi) is 7.07. The van der Waals surface area contributed by atoms with E-state index in [1.807, 2.05) is 19.9 Å². The van der Waals surface area contributed by atoms with Gasteiger partial charge in [0.2, 0.25) is 5.91 Å². The largest absolute Gasteiger partial charge is 0.397 e. The molecule has 142 valence electrons. The summed E-state index contributed by atoms with van der Waals surface area (Å²) in [4.78, 5) is 18.1. The van der Waals surface area contributed by atoms with Crippen LogP contribution < -0.4 is 4.90 Å². The molecule has 5 nitrogen and oxygen atoms in total. The first kappa shape index (κ1) is 20.3. The second kappa shape index (κ2) is 9.07. The van der Waals surface area contributed by atoms with Crippen LogP contribution in [0, 0.1) is 6.92 Å². The van der Waals surface area contributed by atoms with Crippen LogP contribution in [-0.2, 0) is 4.79 Å². The van der Waals surface area contributed by atoms with Gasteiger partial charge in [-0.1, -0.05) is 0 Å². The van der Waals surface area contributed by atoms with E-state index in [9.17, 15) is 18.0 Å². The smallest absolute Gasteiger partial charge is 0.310 e. The molecule has 26 heavy (non-hydrogen) atoms. The van der Waals surface area contributed by atoms with Crippen LogP contribution in [0.2, 0.25) is 0 Å². The summed E-state index contributed by atoms with van der Waals surface area (Å²) >= 11 is 0.803. The SMILES string of the molecule is CCN(C(=O)CCCSCC(F)(F)F)c1cn(-c2cccnc2)nc1C. The van der Waals surface area contributed by atoms with Gasteiger partial charge in [-0.2, -0.15) is 30.0 Å². The van der Waals surface area contributed by atoms with Crippen LogP contribution in [0.4, 0.5) is 18.9 Å². The Hall–Kier alpha value is -2.03. The lowest BCUT2D eigenvalue weighted by molar-refractivity contribution is -0.118. The molecule has 0 aliphatic carbocycles. The number of alkyl halides is 3. The zero-order valence-corrected chi connectivity index (χ0v) is 15.5. The van der Waals surface area contributed by atoms with Crippen molar-refractivity contribution in [2.24, 2.45) is 0 Å². The Morgan fingerprint density at radius 1 is 1.38 bits per heavy atom. The van der Waals surface area contributed by atoms with Gasteiger partial charge in [0.15, 0.2) is 0 Å². The maximum absolute atomic E-state index is 12.5. The van der Waals surface area contributed by atoms with Gasteiger partial charge in [-0.25, -0.2) is 4.68 Å². The predicted molar refractivity (Wildman–Crippen MR) is 96.7 cm³/mol. The number of thioether (sulfide) groups is 1. The summed E-state index contributed by atoms with van der Waals surface area (Å²) in [5.74, 6) is -0.694. The number of hydrogen-bond acceptors (Lipinski definition) is 4. The Morgan fingerprint density at radius 2 is 2.15 bits per heavy atom. The number of aromatic nitrogens is 3. The molecule has 0 aromatic carbocycles. The number of nitrogens with zero attached hydrogens (tertiary/aromatic N) is 4.